The number of hydrogen-bond acceptors (Lipinski definition) is 26. The van der Waals surface area contributed by atoms with Crippen LogP contribution >= 0.6 is 0 Å². The van der Waals surface area contributed by atoms with Crippen molar-refractivity contribution in [3.05, 3.63) is 11.5 Å². The van der Waals surface area contributed by atoms with E-state index in [-0.39, 0.29) is 88.1 Å². The molecule has 6 heterocycles. The largest absolute Gasteiger partial charge is 0.670 e. The summed E-state index contributed by atoms with van der Waals surface area (Å²) in [5.74, 6) is 0. The Morgan fingerprint density at radius 2 is 0.743 bits per heavy atom. The molecule has 0 aliphatic carbocycles. The van der Waals surface area contributed by atoms with Crippen LogP contribution in [0.25, 0.3) is 11.5 Å². The van der Waals surface area contributed by atoms with Crippen molar-refractivity contribution in [3.8, 4) is 0 Å². The van der Waals surface area contributed by atoms with E-state index in [0.717, 1.165) is 0 Å². The van der Waals surface area contributed by atoms with E-state index in [2.05, 4.69) is 0 Å². The van der Waals surface area contributed by atoms with Gasteiger partial charge in [-0.25, -0.2) is 0 Å². The smallest absolute Gasteiger partial charge is 0.187 e. The van der Waals surface area contributed by atoms with Gasteiger partial charge in [-0.15, -0.1) is 0 Å². The molecule has 14 unspecified atom stereocenters. The summed E-state index contributed by atoms with van der Waals surface area (Å²) in [4.78, 5) is 0. The minimum atomic E-state index is -2.06. The van der Waals surface area contributed by atoms with Crippen molar-refractivity contribution in [2.45, 2.75) is 219 Å². The molecule has 70 heavy (non-hydrogen) atoms. The zero-order valence-electron chi connectivity index (χ0n) is 39.0. The summed E-state index contributed by atoms with van der Waals surface area (Å²) in [7, 11) is 0. The van der Waals surface area contributed by atoms with Crippen LogP contribution in [0.4, 0.5) is 0 Å². The third-order valence-electron chi connectivity index (χ3n) is 13.3. The molecule has 30 heteroatoms. The number of aliphatic hydroxyl groups excluding tert-OH is 15. The van der Waals surface area contributed by atoms with Crippen LogP contribution in [0, 0.1) is 93.5 Å². The topological polar surface area (TPSA) is 453 Å². The second-order valence-corrected chi connectivity index (χ2v) is 19.2. The van der Waals surface area contributed by atoms with Crippen LogP contribution in [0.1, 0.15) is 34.6 Å². The normalized spacial score (nSPS) is 51.5. The van der Waals surface area contributed by atoms with Crippen molar-refractivity contribution in [1.29, 1.82) is 0 Å². The Morgan fingerprint density at radius 3 is 1.24 bits per heavy atom. The van der Waals surface area contributed by atoms with Gasteiger partial charge in [-0.2, -0.15) is 0 Å². The SMILES string of the molecule is CC1OC(OC2[C@H](O[C@@H]3C(CO)O[C@@H](O[C@@H]4C(O)[C@H](O[C@@H]5C([NH-])C(C(C)(C)C)OC(CO)[C@@H]5O)OC(CO)[C@@H]4O)C([NH-])[C@H]3O[C@@H]3OC(C)[C@@H](O)[C@@H](O)C3O)OC(CO)[C@H](O)[C@@H]2O)[C@@H](O)C(O)[C@@H]1O.[Ac].[Ac]. The van der Waals surface area contributed by atoms with E-state index in [1.54, 1.807) is 20.8 Å². The second kappa shape index (κ2) is 27.1. The van der Waals surface area contributed by atoms with Crippen molar-refractivity contribution >= 4 is 0 Å². The van der Waals surface area contributed by atoms with Crippen molar-refractivity contribution < 1.29 is 217 Å². The molecule has 0 saturated carbocycles. The van der Waals surface area contributed by atoms with Crippen LogP contribution in [0.15, 0.2) is 0 Å². The van der Waals surface area contributed by atoms with Gasteiger partial charge < -0.3 is 140 Å². The van der Waals surface area contributed by atoms with Gasteiger partial charge in [0.1, 0.15) is 116 Å². The Bertz CT molecular complexity index is 1590. The van der Waals surface area contributed by atoms with E-state index in [4.69, 9.17) is 57.8 Å². The number of ether oxygens (including phenoxy) is 11. The standard InChI is InChI=1S/C40H70N2O26.2Ac/c1-10-18(47)23(52)26(55)36(58-10)66-31-17(42)35(67-32-22(51)14(8-45)61-38(28(32)57)65-30-16(41)34(40(3,4)5)60-13(7-44)21(30)50)63-15(9-46)29(31)64-39-33(25(54)20(49)12(6-43)62-39)68-37-27(56)24(53)19(48)11(2)59-37;;/h10-39,41-57H,6-9H2,1-5H3;;/q-2;;/t10?,11?,12?,13?,14?,15?,16?,17?,18-,19-,20+,21+,22+,23-,24?,25+,26?,27+,28?,29-,30-,31-,32+,33?,34?,35+,36+,37?,38+,39+;;/m1../s1. The maximum absolute atomic E-state index is 11.7. The van der Waals surface area contributed by atoms with E-state index in [1.807, 2.05) is 0 Å². The minimum Gasteiger partial charge on any atom is -0.670 e. The molecule has 6 fully saturated rings. The molecule has 0 spiro atoms. The van der Waals surface area contributed by atoms with Crippen molar-refractivity contribution in [2.24, 2.45) is 5.41 Å². The summed E-state index contributed by atoms with van der Waals surface area (Å²) in [5.41, 5.74) is 17.6. The molecule has 6 saturated heterocycles. The third kappa shape index (κ3) is 13.6. The van der Waals surface area contributed by atoms with Gasteiger partial charge in [0.2, 0.25) is 0 Å². The van der Waals surface area contributed by atoms with Gasteiger partial charge in [0, 0.05) is 94.2 Å². The zero-order chi connectivity index (χ0) is 50.4. The molecule has 0 aromatic rings. The van der Waals surface area contributed by atoms with Gasteiger partial charge in [-0.05, 0) is 19.3 Å². The van der Waals surface area contributed by atoms with Crippen LogP contribution in [0.2, 0.25) is 0 Å². The molecule has 17 N–H and O–H groups in total. The molecule has 6 aliphatic rings. The van der Waals surface area contributed by atoms with Crippen LogP contribution in [-0.2, 0) is 52.1 Å². The van der Waals surface area contributed by atoms with Gasteiger partial charge in [0.05, 0.1) is 50.8 Å². The van der Waals surface area contributed by atoms with Crippen molar-refractivity contribution in [2.75, 3.05) is 26.4 Å². The molecule has 0 aromatic heterocycles. The predicted molar refractivity (Wildman–Crippen MR) is 218 cm³/mol. The summed E-state index contributed by atoms with van der Waals surface area (Å²) < 4.78 is 64.6. The first-order chi connectivity index (χ1) is 31.9. The Balaban J connectivity index is 0.00000533. The molecule has 0 aromatic carbocycles. The molecule has 30 atom stereocenters. The maximum atomic E-state index is 11.7. The predicted octanol–water partition coefficient (Wildman–Crippen LogP) is -7.83. The van der Waals surface area contributed by atoms with E-state index in [1.165, 1.54) is 13.8 Å². The van der Waals surface area contributed by atoms with Gasteiger partial charge in [-0.3, -0.25) is 0 Å². The van der Waals surface area contributed by atoms with Crippen molar-refractivity contribution in [3.63, 3.8) is 0 Å². The monoisotopic (exact) mass is 1450 g/mol. The fraction of sp³-hybridized carbons (Fsp3) is 1.00. The quantitative estimate of drug-likeness (QED) is 0.0768. The minimum absolute atomic E-state index is 0. The number of nitrogens with one attached hydrogen (secondary N) is 2. The molecule has 6 aliphatic heterocycles. The van der Waals surface area contributed by atoms with E-state index in [9.17, 15) is 82.3 Å². The van der Waals surface area contributed by atoms with Gasteiger partial charge in [0.15, 0.2) is 25.2 Å². The molecule has 6 rings (SSSR count). The first kappa shape index (κ1) is 64.3. The number of aliphatic hydroxyl groups is 15. The Labute approximate surface area is 474 Å². The molecule has 0 bridgehead atoms. The van der Waals surface area contributed by atoms with Gasteiger partial charge in [0.25, 0.3) is 0 Å². The van der Waals surface area contributed by atoms with E-state index >= 15 is 0 Å². The van der Waals surface area contributed by atoms with Crippen molar-refractivity contribution in [1.82, 2.24) is 0 Å². The average molecular weight is 1450 g/mol. The van der Waals surface area contributed by atoms with Crippen LogP contribution in [0.5, 0.6) is 0 Å². The third-order valence-corrected chi connectivity index (χ3v) is 13.3. The molecule has 0 amide bonds. The number of rotatable bonds is 14. The van der Waals surface area contributed by atoms with Crippen LogP contribution in [-0.4, -0.2) is 287 Å². The molecule has 28 nitrogen and oxygen atoms in total. The molecular formula is C40H70Ac2N2O26-2. The van der Waals surface area contributed by atoms with E-state index < -0.39 is 216 Å². The van der Waals surface area contributed by atoms with Gasteiger partial charge >= 0.3 is 0 Å². The summed E-state index contributed by atoms with van der Waals surface area (Å²) in [6.45, 7) is 4.35. The molecular weight excluding hydrogens is 1380 g/mol. The number of hydrogen-bond donors (Lipinski definition) is 15. The first-order valence-corrected chi connectivity index (χ1v) is 22.4. The Hall–Kier alpha value is 1.76. The first-order valence-electron chi connectivity index (χ1n) is 22.4. The van der Waals surface area contributed by atoms with Crippen LogP contribution in [0.3, 0.4) is 0 Å². The van der Waals surface area contributed by atoms with E-state index in [0.29, 0.717) is 0 Å². The fourth-order valence-corrected chi connectivity index (χ4v) is 9.17. The summed E-state index contributed by atoms with van der Waals surface area (Å²) in [6.07, 6.45) is -48.6. The maximum Gasteiger partial charge on any atom is 0.187 e. The Kier molecular flexibility index (Phi) is 24.9. The summed E-state index contributed by atoms with van der Waals surface area (Å²) in [6, 6.07) is -3.34. The Morgan fingerprint density at radius 1 is 0.357 bits per heavy atom. The summed E-state index contributed by atoms with van der Waals surface area (Å²) >= 11 is 0. The fourth-order valence-electron chi connectivity index (χ4n) is 9.17. The summed E-state index contributed by atoms with van der Waals surface area (Å²) in [5, 5.41) is 161. The average Bonchev–Trinajstić information content (AvgIpc) is 3.29. The van der Waals surface area contributed by atoms with Crippen LogP contribution < -0.4 is 0 Å². The zero-order valence-corrected chi connectivity index (χ0v) is 48.5. The molecule has 2 radical (unpaired) electrons. The molecule has 404 valence electrons. The van der Waals surface area contributed by atoms with Gasteiger partial charge in [-0.1, -0.05) is 32.9 Å². The second-order valence-electron chi connectivity index (χ2n) is 19.2.